The van der Waals surface area contributed by atoms with Gasteiger partial charge >= 0.3 is 0 Å². The maximum atomic E-state index is 6.04. The van der Waals surface area contributed by atoms with Gasteiger partial charge in [-0.2, -0.15) is 0 Å². The first-order valence-corrected chi connectivity index (χ1v) is 6.38. The zero-order valence-corrected chi connectivity index (χ0v) is 11.5. The first-order chi connectivity index (χ1) is 7.29. The van der Waals surface area contributed by atoms with E-state index in [1.54, 1.807) is 0 Å². The molecule has 0 amide bonds. The van der Waals surface area contributed by atoms with Crippen LogP contribution in [0.5, 0.6) is 0 Å². The maximum absolute atomic E-state index is 6.04. The maximum Gasteiger partial charge on any atom is 0.191 e. The molecule has 0 aliphatic heterocycles. The fraction of sp³-hybridized carbons (Fsp3) is 0.923. The molecule has 1 saturated carbocycles. The third kappa shape index (κ3) is 4.03. The third-order valence-corrected chi connectivity index (χ3v) is 3.34. The van der Waals surface area contributed by atoms with Gasteiger partial charge in [0.15, 0.2) is 5.96 Å². The van der Waals surface area contributed by atoms with Gasteiger partial charge < -0.3 is 10.6 Å². The van der Waals surface area contributed by atoms with Gasteiger partial charge in [-0.3, -0.25) is 0 Å². The molecule has 94 valence electrons. The van der Waals surface area contributed by atoms with Crippen LogP contribution in [0.2, 0.25) is 0 Å². The summed E-state index contributed by atoms with van der Waals surface area (Å²) in [5.41, 5.74) is 5.96. The predicted molar refractivity (Wildman–Crippen MR) is 70.6 cm³/mol. The van der Waals surface area contributed by atoms with Crippen LogP contribution in [0.1, 0.15) is 53.4 Å². The molecule has 3 heteroatoms. The highest BCUT2D eigenvalue weighted by Gasteiger charge is 2.23. The number of aliphatic imine (C=N–C) groups is 1. The van der Waals surface area contributed by atoms with Crippen molar-refractivity contribution in [2.24, 2.45) is 16.6 Å². The largest absolute Gasteiger partial charge is 0.370 e. The third-order valence-electron chi connectivity index (χ3n) is 3.34. The molecule has 0 unspecified atom stereocenters. The van der Waals surface area contributed by atoms with Gasteiger partial charge in [0.2, 0.25) is 0 Å². The zero-order valence-electron chi connectivity index (χ0n) is 11.5. The molecule has 1 aliphatic rings. The number of rotatable bonds is 1. The molecular formula is C13H27N3. The van der Waals surface area contributed by atoms with Crippen LogP contribution in [0.3, 0.4) is 0 Å². The summed E-state index contributed by atoms with van der Waals surface area (Å²) in [5.74, 6) is 1.57. The number of nitrogens with two attached hydrogens (primary N) is 1. The lowest BCUT2D eigenvalue weighted by atomic mass is 9.87. The second-order valence-electron chi connectivity index (χ2n) is 6.17. The second-order valence-corrected chi connectivity index (χ2v) is 6.17. The number of hydrogen-bond acceptors (Lipinski definition) is 1. The summed E-state index contributed by atoms with van der Waals surface area (Å²) in [7, 11) is 2.07. The first-order valence-electron chi connectivity index (χ1n) is 6.38. The normalized spacial score (nSPS) is 27.9. The minimum atomic E-state index is -0.0830. The summed E-state index contributed by atoms with van der Waals surface area (Å²) < 4.78 is 0. The van der Waals surface area contributed by atoms with Crippen LogP contribution in [0.25, 0.3) is 0 Å². The molecular weight excluding hydrogens is 198 g/mol. The molecule has 0 aromatic carbocycles. The molecule has 1 fully saturated rings. The van der Waals surface area contributed by atoms with Crippen molar-refractivity contribution in [3.05, 3.63) is 0 Å². The first kappa shape index (κ1) is 13.3. The lowest BCUT2D eigenvalue weighted by Crippen LogP contribution is -2.44. The quantitative estimate of drug-likeness (QED) is 0.550. The molecule has 1 rings (SSSR count). The van der Waals surface area contributed by atoms with Crippen LogP contribution < -0.4 is 5.73 Å². The molecule has 0 saturated heterocycles. The molecule has 0 spiro atoms. The summed E-state index contributed by atoms with van der Waals surface area (Å²) in [4.78, 5) is 6.69. The molecule has 0 aromatic rings. The zero-order chi connectivity index (χ0) is 12.3. The summed E-state index contributed by atoms with van der Waals surface area (Å²) in [6.45, 7) is 8.58. The van der Waals surface area contributed by atoms with Crippen LogP contribution >= 0.6 is 0 Å². The van der Waals surface area contributed by atoms with Gasteiger partial charge in [0.1, 0.15) is 0 Å². The van der Waals surface area contributed by atoms with Crippen molar-refractivity contribution in [2.75, 3.05) is 7.05 Å². The Morgan fingerprint density at radius 2 is 1.69 bits per heavy atom. The van der Waals surface area contributed by atoms with E-state index in [9.17, 15) is 0 Å². The summed E-state index contributed by atoms with van der Waals surface area (Å²) in [6.07, 6.45) is 5.13. The van der Waals surface area contributed by atoms with Crippen molar-refractivity contribution in [2.45, 2.75) is 65.0 Å². The molecule has 0 radical (unpaired) electrons. The number of nitrogens with zero attached hydrogens (tertiary/aromatic N) is 2. The van der Waals surface area contributed by atoms with Crippen LogP contribution in [0.4, 0.5) is 0 Å². The Morgan fingerprint density at radius 3 is 2.12 bits per heavy atom. The van der Waals surface area contributed by atoms with E-state index in [2.05, 4.69) is 44.6 Å². The number of guanidine groups is 1. The highest BCUT2D eigenvalue weighted by molar-refractivity contribution is 5.78. The molecule has 0 atom stereocenters. The minimum Gasteiger partial charge on any atom is -0.370 e. The molecule has 0 aromatic heterocycles. The van der Waals surface area contributed by atoms with E-state index in [0.717, 1.165) is 5.92 Å². The van der Waals surface area contributed by atoms with E-state index in [4.69, 9.17) is 5.73 Å². The van der Waals surface area contributed by atoms with Gasteiger partial charge in [-0.05, 0) is 52.4 Å². The molecule has 3 nitrogen and oxygen atoms in total. The lowest BCUT2D eigenvalue weighted by molar-refractivity contribution is 0.236. The van der Waals surface area contributed by atoms with Gasteiger partial charge in [0, 0.05) is 13.1 Å². The van der Waals surface area contributed by atoms with Gasteiger partial charge in [-0.25, -0.2) is 4.99 Å². The molecule has 1 aliphatic carbocycles. The Kier molecular flexibility index (Phi) is 4.22. The Hall–Kier alpha value is -0.730. The van der Waals surface area contributed by atoms with E-state index in [0.29, 0.717) is 12.0 Å². The minimum absolute atomic E-state index is 0.0830. The molecule has 2 N–H and O–H groups in total. The lowest BCUT2D eigenvalue weighted by Gasteiger charge is -2.35. The van der Waals surface area contributed by atoms with E-state index in [1.165, 1.54) is 25.7 Å². The summed E-state index contributed by atoms with van der Waals surface area (Å²) in [5, 5.41) is 0. The van der Waals surface area contributed by atoms with Crippen molar-refractivity contribution in [3.63, 3.8) is 0 Å². The Labute approximate surface area is 100 Å². The second kappa shape index (κ2) is 5.07. The molecule has 0 heterocycles. The SMILES string of the molecule is CC1CCC(N(C)C(N)=NC(C)(C)C)CC1. The highest BCUT2D eigenvalue weighted by atomic mass is 15.3. The monoisotopic (exact) mass is 225 g/mol. The number of hydrogen-bond donors (Lipinski definition) is 1. The van der Waals surface area contributed by atoms with Crippen molar-refractivity contribution in [1.82, 2.24) is 4.90 Å². The smallest absolute Gasteiger partial charge is 0.191 e. The van der Waals surface area contributed by atoms with Crippen molar-refractivity contribution in [1.29, 1.82) is 0 Å². The molecule has 16 heavy (non-hydrogen) atoms. The van der Waals surface area contributed by atoms with Crippen molar-refractivity contribution < 1.29 is 0 Å². The van der Waals surface area contributed by atoms with E-state index >= 15 is 0 Å². The van der Waals surface area contributed by atoms with E-state index in [-0.39, 0.29) is 5.54 Å². The van der Waals surface area contributed by atoms with Gasteiger partial charge in [0.05, 0.1) is 5.54 Å². The standard InChI is InChI=1S/C13H27N3/c1-10-6-8-11(9-7-10)16(5)12(14)15-13(2,3)4/h10-11H,6-9H2,1-5H3,(H2,14,15). The Balaban J connectivity index is 2.57. The fourth-order valence-electron chi connectivity index (χ4n) is 2.24. The van der Waals surface area contributed by atoms with E-state index < -0.39 is 0 Å². The van der Waals surface area contributed by atoms with Gasteiger partial charge in [-0.1, -0.05) is 6.92 Å². The van der Waals surface area contributed by atoms with Gasteiger partial charge in [0.25, 0.3) is 0 Å². The van der Waals surface area contributed by atoms with Crippen LogP contribution in [0, 0.1) is 5.92 Å². The van der Waals surface area contributed by atoms with Crippen LogP contribution in [0.15, 0.2) is 4.99 Å². The van der Waals surface area contributed by atoms with Crippen molar-refractivity contribution in [3.8, 4) is 0 Å². The highest BCUT2D eigenvalue weighted by Crippen LogP contribution is 2.26. The van der Waals surface area contributed by atoms with Crippen LogP contribution in [-0.2, 0) is 0 Å². The average molecular weight is 225 g/mol. The Morgan fingerprint density at radius 1 is 1.19 bits per heavy atom. The predicted octanol–water partition coefficient (Wildman–Crippen LogP) is 2.61. The summed E-state index contributed by atoms with van der Waals surface area (Å²) >= 11 is 0. The van der Waals surface area contributed by atoms with Crippen molar-refractivity contribution >= 4 is 5.96 Å². The van der Waals surface area contributed by atoms with E-state index in [1.807, 2.05) is 0 Å². The Bertz CT molecular complexity index is 244. The fourth-order valence-corrected chi connectivity index (χ4v) is 2.24. The average Bonchev–Trinajstić information content (AvgIpc) is 2.15. The van der Waals surface area contributed by atoms with Crippen LogP contribution in [-0.4, -0.2) is 29.5 Å². The van der Waals surface area contributed by atoms with Gasteiger partial charge in [-0.15, -0.1) is 0 Å². The topological polar surface area (TPSA) is 41.6 Å². The molecule has 0 bridgehead atoms. The summed E-state index contributed by atoms with van der Waals surface area (Å²) in [6, 6.07) is 0.585.